The summed E-state index contributed by atoms with van der Waals surface area (Å²) >= 11 is 5.89. The third-order valence-corrected chi connectivity index (χ3v) is 5.65. The number of ether oxygens (including phenoxy) is 1. The molecule has 2 amide bonds. The second kappa shape index (κ2) is 12.2. The normalized spacial score (nSPS) is 12.1. The molecule has 0 bridgehead atoms. The third kappa shape index (κ3) is 6.58. The van der Waals surface area contributed by atoms with Crippen LogP contribution in [0.5, 0.6) is 5.75 Å². The lowest BCUT2D eigenvalue weighted by atomic mass is 10.0. The number of rotatable bonds is 10. The molecule has 2 N–H and O–H groups in total. The molecule has 0 aromatic heterocycles. The molecule has 1 atom stereocenters. The molecule has 1 unspecified atom stereocenters. The van der Waals surface area contributed by atoms with Crippen molar-refractivity contribution in [1.82, 2.24) is 10.7 Å². The quantitative estimate of drug-likeness (QED) is 0.226. The number of carbonyl (C=O) groups excluding carboxylic acids is 2. The number of nitrogens with zero attached hydrogens (tertiary/aromatic N) is 1. The molecule has 0 saturated carbocycles. The number of nitrogens with one attached hydrogen (secondary N) is 2. The summed E-state index contributed by atoms with van der Waals surface area (Å²) in [4.78, 5) is 25.5. The lowest BCUT2D eigenvalue weighted by Gasteiger charge is -2.20. The van der Waals surface area contributed by atoms with Crippen molar-refractivity contribution < 1.29 is 14.3 Å². The first kappa shape index (κ1) is 25.2. The summed E-state index contributed by atoms with van der Waals surface area (Å²) in [6, 6.07) is 17.6. The van der Waals surface area contributed by atoms with Crippen molar-refractivity contribution in [3.8, 4) is 5.75 Å². The van der Waals surface area contributed by atoms with Gasteiger partial charge in [-0.2, -0.15) is 5.10 Å². The lowest BCUT2D eigenvalue weighted by Crippen LogP contribution is -2.48. The molecule has 34 heavy (non-hydrogen) atoms. The summed E-state index contributed by atoms with van der Waals surface area (Å²) in [5.74, 6) is -0.184. The Kier molecular flexibility index (Phi) is 9.05. The monoisotopic (exact) mass is 479 g/mol. The first-order valence-corrected chi connectivity index (χ1v) is 11.8. The first-order valence-electron chi connectivity index (χ1n) is 11.4. The van der Waals surface area contributed by atoms with Crippen molar-refractivity contribution in [3.05, 3.63) is 76.8 Å². The van der Waals surface area contributed by atoms with Gasteiger partial charge in [0.25, 0.3) is 11.8 Å². The van der Waals surface area contributed by atoms with Crippen LogP contribution in [-0.4, -0.2) is 30.7 Å². The van der Waals surface area contributed by atoms with Crippen LogP contribution in [0.2, 0.25) is 5.02 Å². The van der Waals surface area contributed by atoms with Gasteiger partial charge in [-0.1, -0.05) is 69.1 Å². The molecule has 0 spiro atoms. The van der Waals surface area contributed by atoms with Crippen molar-refractivity contribution in [2.45, 2.75) is 39.7 Å². The highest BCUT2D eigenvalue weighted by atomic mass is 35.5. The van der Waals surface area contributed by atoms with Gasteiger partial charge in [-0.25, -0.2) is 5.43 Å². The summed E-state index contributed by atoms with van der Waals surface area (Å²) in [5, 5.41) is 9.55. The van der Waals surface area contributed by atoms with Crippen molar-refractivity contribution >= 4 is 40.4 Å². The van der Waals surface area contributed by atoms with Gasteiger partial charge in [-0.05, 0) is 53.4 Å². The maximum Gasteiger partial charge on any atom is 0.262 e. The number of hydrogen-bond donors (Lipinski definition) is 2. The molecular formula is C27H30ClN3O3. The molecule has 7 heteroatoms. The summed E-state index contributed by atoms with van der Waals surface area (Å²) in [6.07, 6.45) is 3.58. The molecule has 0 aliphatic rings. The van der Waals surface area contributed by atoms with Crippen molar-refractivity contribution in [2.24, 2.45) is 11.0 Å². The van der Waals surface area contributed by atoms with Gasteiger partial charge < -0.3 is 10.1 Å². The van der Waals surface area contributed by atoms with E-state index >= 15 is 0 Å². The predicted octanol–water partition coefficient (Wildman–Crippen LogP) is 5.58. The summed E-state index contributed by atoms with van der Waals surface area (Å²) < 4.78 is 5.97. The largest absolute Gasteiger partial charge is 0.493 e. The Labute approximate surface area is 205 Å². The molecular weight excluding hydrogens is 450 g/mol. The standard InChI is InChI=1S/C27H30ClN3O3/c1-4-5-16-34-24-15-12-19-8-6-7-9-22(19)23(24)17-29-31-27(33)25(18(2)3)30-26(32)20-10-13-21(28)14-11-20/h6-15,17-18,25H,4-5,16H2,1-3H3,(H,30,32)(H,31,33). The van der Waals surface area contributed by atoms with Crippen molar-refractivity contribution in [3.63, 3.8) is 0 Å². The van der Waals surface area contributed by atoms with Gasteiger partial charge >= 0.3 is 0 Å². The molecule has 0 fully saturated rings. The van der Waals surface area contributed by atoms with Crippen molar-refractivity contribution in [2.75, 3.05) is 6.61 Å². The molecule has 0 heterocycles. The van der Waals surface area contributed by atoms with Crippen LogP contribution in [0.4, 0.5) is 0 Å². The van der Waals surface area contributed by atoms with E-state index in [4.69, 9.17) is 16.3 Å². The fourth-order valence-corrected chi connectivity index (χ4v) is 3.58. The van der Waals surface area contributed by atoms with Crippen LogP contribution in [0.25, 0.3) is 10.8 Å². The zero-order chi connectivity index (χ0) is 24.5. The average Bonchev–Trinajstić information content (AvgIpc) is 2.83. The van der Waals surface area contributed by atoms with Gasteiger partial charge in [-0.3, -0.25) is 9.59 Å². The Bertz CT molecular complexity index is 1160. The topological polar surface area (TPSA) is 79.8 Å². The van der Waals surface area contributed by atoms with Crippen LogP contribution in [0.1, 0.15) is 49.5 Å². The van der Waals surface area contributed by atoms with Crippen LogP contribution < -0.4 is 15.5 Å². The van der Waals surface area contributed by atoms with Crippen LogP contribution in [0, 0.1) is 5.92 Å². The Morgan fingerprint density at radius 1 is 1.06 bits per heavy atom. The van der Waals surface area contributed by atoms with Gasteiger partial charge in [0.2, 0.25) is 0 Å². The van der Waals surface area contributed by atoms with Gasteiger partial charge in [0.1, 0.15) is 11.8 Å². The minimum atomic E-state index is -0.756. The zero-order valence-electron chi connectivity index (χ0n) is 19.7. The van der Waals surface area contributed by atoms with E-state index in [1.54, 1.807) is 30.5 Å². The predicted molar refractivity (Wildman–Crippen MR) is 138 cm³/mol. The Balaban J connectivity index is 1.75. The fourth-order valence-electron chi connectivity index (χ4n) is 3.45. The number of benzene rings is 3. The minimum absolute atomic E-state index is 0.142. The van der Waals surface area contributed by atoms with Crippen LogP contribution >= 0.6 is 11.6 Å². The van der Waals surface area contributed by atoms with E-state index in [1.165, 1.54) is 0 Å². The molecule has 0 aliphatic carbocycles. The van der Waals surface area contributed by atoms with E-state index in [2.05, 4.69) is 22.8 Å². The van der Waals surface area contributed by atoms with E-state index in [0.717, 1.165) is 29.2 Å². The Morgan fingerprint density at radius 3 is 2.50 bits per heavy atom. The van der Waals surface area contributed by atoms with Crippen LogP contribution in [0.3, 0.4) is 0 Å². The van der Waals surface area contributed by atoms with Crippen LogP contribution in [-0.2, 0) is 4.79 Å². The smallest absolute Gasteiger partial charge is 0.262 e. The van der Waals surface area contributed by atoms with E-state index in [1.807, 2.05) is 50.2 Å². The van der Waals surface area contributed by atoms with Crippen LogP contribution in [0.15, 0.2) is 65.8 Å². The highest BCUT2D eigenvalue weighted by Crippen LogP contribution is 2.27. The maximum atomic E-state index is 12.9. The highest BCUT2D eigenvalue weighted by molar-refractivity contribution is 6.30. The molecule has 3 rings (SSSR count). The SMILES string of the molecule is CCCCOc1ccc2ccccc2c1C=NNC(=O)C(NC(=O)c1ccc(Cl)cc1)C(C)C. The van der Waals surface area contributed by atoms with Gasteiger partial charge in [-0.15, -0.1) is 0 Å². The number of unbranched alkanes of at least 4 members (excludes halogenated alkanes) is 1. The molecule has 178 valence electrons. The fraction of sp³-hybridized carbons (Fsp3) is 0.296. The summed E-state index contributed by atoms with van der Waals surface area (Å²) in [7, 11) is 0. The number of amides is 2. The van der Waals surface area contributed by atoms with E-state index in [9.17, 15) is 9.59 Å². The number of fused-ring (bicyclic) bond motifs is 1. The van der Waals surface area contributed by atoms with E-state index in [0.29, 0.717) is 22.9 Å². The minimum Gasteiger partial charge on any atom is -0.493 e. The second-order valence-electron chi connectivity index (χ2n) is 8.34. The summed E-state index contributed by atoms with van der Waals surface area (Å²) in [6.45, 7) is 6.44. The van der Waals surface area contributed by atoms with Crippen molar-refractivity contribution in [1.29, 1.82) is 0 Å². The number of hydrazone groups is 1. The number of halogens is 1. The second-order valence-corrected chi connectivity index (χ2v) is 8.77. The maximum absolute atomic E-state index is 12.9. The first-order chi connectivity index (χ1) is 16.4. The molecule has 3 aromatic carbocycles. The Morgan fingerprint density at radius 2 is 1.79 bits per heavy atom. The summed E-state index contributed by atoms with van der Waals surface area (Å²) in [5.41, 5.74) is 3.80. The molecule has 3 aromatic rings. The average molecular weight is 480 g/mol. The lowest BCUT2D eigenvalue weighted by molar-refractivity contribution is -0.123. The Hall–Kier alpha value is -3.38. The van der Waals surface area contributed by atoms with E-state index < -0.39 is 11.9 Å². The molecule has 0 saturated heterocycles. The number of carbonyl (C=O) groups is 2. The van der Waals surface area contributed by atoms with Gasteiger partial charge in [0.15, 0.2) is 0 Å². The highest BCUT2D eigenvalue weighted by Gasteiger charge is 2.24. The molecule has 0 aliphatic heterocycles. The zero-order valence-corrected chi connectivity index (χ0v) is 20.4. The molecule has 0 radical (unpaired) electrons. The van der Waals surface area contributed by atoms with Gasteiger partial charge in [0.05, 0.1) is 12.8 Å². The van der Waals surface area contributed by atoms with E-state index in [-0.39, 0.29) is 11.8 Å². The third-order valence-electron chi connectivity index (χ3n) is 5.40. The number of hydrogen-bond acceptors (Lipinski definition) is 4. The van der Waals surface area contributed by atoms with Gasteiger partial charge in [0, 0.05) is 16.1 Å². The molecule has 6 nitrogen and oxygen atoms in total.